The van der Waals surface area contributed by atoms with E-state index >= 15 is 0 Å². The Bertz CT molecular complexity index is 890. The minimum absolute atomic E-state index is 2.09. The van der Waals surface area contributed by atoms with Crippen LogP contribution in [0, 0.1) is 0 Å². The molecule has 0 amide bonds. The van der Waals surface area contributed by atoms with Crippen LogP contribution in [0.4, 0.5) is 0 Å². The molecule has 3 radical (unpaired) electrons. The van der Waals surface area contributed by atoms with E-state index in [1.54, 1.807) is 0 Å². The zero-order valence-corrected chi connectivity index (χ0v) is 51.9. The Morgan fingerprint density at radius 2 is 0.321 bits per heavy atom. The first kappa shape index (κ1) is 55.3. The van der Waals surface area contributed by atoms with E-state index in [1.165, 1.54) is 0 Å². The van der Waals surface area contributed by atoms with Gasteiger partial charge in [-0.05, 0) is 177 Å². The van der Waals surface area contributed by atoms with Crippen LogP contribution in [0.15, 0.2) is 0 Å². The Morgan fingerprint density at radius 3 is 0.396 bits per heavy atom. The molecule has 0 N–H and O–H groups in total. The van der Waals surface area contributed by atoms with Crippen LogP contribution in [-0.4, -0.2) is 118 Å². The van der Waals surface area contributed by atoms with Crippen LogP contribution >= 0.6 is 0 Å². The van der Waals surface area contributed by atoms with Crippen molar-refractivity contribution in [1.82, 2.24) is 0 Å². The lowest BCUT2D eigenvalue weighted by atomic mass is 11.3. The van der Waals surface area contributed by atoms with Crippen molar-refractivity contribution in [3.8, 4) is 0 Å². The fraction of sp³-hybridized carbons (Fsp3) is 1.00. The number of hydrogen-bond acceptors (Lipinski definition) is 12. The van der Waals surface area contributed by atoms with E-state index in [0.717, 1.165) is 0 Å². The lowest BCUT2D eigenvalue weighted by Crippen LogP contribution is -2.74. The van der Waals surface area contributed by atoms with Crippen molar-refractivity contribution in [3.05, 3.63) is 0 Å². The highest BCUT2D eigenvalue weighted by atomic mass is 28.5. The van der Waals surface area contributed by atoms with Crippen molar-refractivity contribution in [2.45, 2.75) is 182 Å². The van der Waals surface area contributed by atoms with Crippen LogP contribution in [0.5, 0.6) is 0 Å². The first-order valence-electron chi connectivity index (χ1n) is 18.6. The van der Waals surface area contributed by atoms with Gasteiger partial charge >= 0.3 is 27.1 Å². The van der Waals surface area contributed by atoms with E-state index in [4.69, 9.17) is 50.3 Å². The van der Waals surface area contributed by atoms with Gasteiger partial charge in [0, 0.05) is 0 Å². The molecule has 317 valence electrons. The summed E-state index contributed by atoms with van der Waals surface area (Å²) < 4.78 is 85.2. The molecule has 0 aromatic rings. The van der Waals surface area contributed by atoms with Crippen LogP contribution in [0.1, 0.15) is 0 Å². The summed E-state index contributed by atoms with van der Waals surface area (Å²) in [6, 6.07) is 0. The summed E-state index contributed by atoms with van der Waals surface area (Å²) in [4.78, 5) is 0. The molecule has 0 heterocycles. The minimum atomic E-state index is -4.22. The molecule has 0 atom stereocenters. The van der Waals surface area contributed by atoms with E-state index in [-0.39, 0.29) is 0 Å². The molecular formula is C28H81O12Si13. The Morgan fingerprint density at radius 1 is 0.226 bits per heavy atom. The van der Waals surface area contributed by atoms with E-state index in [0.29, 0.717) is 0 Å². The molecule has 25 heteroatoms. The molecule has 0 spiro atoms. The van der Waals surface area contributed by atoms with Crippen molar-refractivity contribution < 1.29 is 50.3 Å². The van der Waals surface area contributed by atoms with Crippen LogP contribution in [0.3, 0.4) is 0 Å². The third kappa shape index (κ3) is 26.9. The highest BCUT2D eigenvalue weighted by molar-refractivity contribution is 6.90. The first-order valence-corrected chi connectivity index (χ1v) is 54.7. The smallest absolute Gasteiger partial charge is 0.395 e. The lowest BCUT2D eigenvalue weighted by molar-refractivity contribution is -0.264. The minimum Gasteiger partial charge on any atom is -0.395 e. The Hall–Kier alpha value is 2.34. The molecule has 0 aliphatic heterocycles. The van der Waals surface area contributed by atoms with E-state index in [2.05, 4.69) is 187 Å². The number of hydrogen-bond donors (Lipinski definition) is 0. The predicted molar refractivity (Wildman–Crippen MR) is 249 cm³/mol. The third-order valence-electron chi connectivity index (χ3n) is 4.66. The van der Waals surface area contributed by atoms with Gasteiger partial charge < -0.3 is 50.3 Å². The monoisotopic (exact) mass is 973 g/mol. The van der Waals surface area contributed by atoms with Crippen molar-refractivity contribution in [2.75, 3.05) is 0 Å². The molecule has 0 saturated heterocycles. The maximum atomic E-state index is 7.28. The Balaban J connectivity index is 8.73. The second-order valence-electron chi connectivity index (χ2n) is 22.3. The quantitative estimate of drug-likeness (QED) is 0.0679. The predicted octanol–water partition coefficient (Wildman–Crippen LogP) is 9.79. The Labute approximate surface area is 342 Å². The van der Waals surface area contributed by atoms with Gasteiger partial charge in [-0.25, -0.2) is 0 Å². The summed E-state index contributed by atoms with van der Waals surface area (Å²) in [7, 11) is -30.8. The first-order chi connectivity index (χ1) is 22.5. The summed E-state index contributed by atoms with van der Waals surface area (Å²) in [6.07, 6.45) is 0. The number of rotatable bonds is 24. The van der Waals surface area contributed by atoms with Crippen LogP contribution < -0.4 is 0 Å². The zero-order valence-electron chi connectivity index (χ0n) is 38.9. The van der Waals surface area contributed by atoms with Gasteiger partial charge in [0.2, 0.25) is 5.60 Å². The molecule has 0 aliphatic carbocycles. The fourth-order valence-electron chi connectivity index (χ4n) is 4.31. The SMILES string of the molecule is C[Si](C)(C)O[Si](OC([Si])(O[Si](O[Si](C)(C)C)(O[Si](C)(C)C)O[Si](C)(C)C)O[Si](O[Si](C)(C)C)(O[Si](C)(C)C)O[Si](C)(C)C)(O[Si](C)(C)C)O[Si](C)(C)C. The summed E-state index contributed by atoms with van der Waals surface area (Å²) in [6.45, 7) is 56.3. The molecule has 0 bridgehead atoms. The van der Waals surface area contributed by atoms with Gasteiger partial charge in [-0.15, -0.1) is 0 Å². The van der Waals surface area contributed by atoms with E-state index in [9.17, 15) is 0 Å². The summed E-state index contributed by atoms with van der Waals surface area (Å²) in [5.41, 5.74) is -2.26. The van der Waals surface area contributed by atoms with Crippen molar-refractivity contribution in [1.29, 1.82) is 0 Å². The average molecular weight is 975 g/mol. The van der Waals surface area contributed by atoms with Gasteiger partial charge in [0.1, 0.15) is 0 Å². The second-order valence-corrected chi connectivity index (χ2v) is 71.9. The van der Waals surface area contributed by atoms with Gasteiger partial charge in [0.25, 0.3) is 0 Å². The van der Waals surface area contributed by atoms with Gasteiger partial charge in [-0.2, -0.15) is 0 Å². The van der Waals surface area contributed by atoms with Crippen molar-refractivity contribution >= 4 is 112 Å². The molecule has 0 aliphatic rings. The molecule has 0 rings (SSSR count). The van der Waals surface area contributed by atoms with Crippen LogP contribution in [0.25, 0.3) is 0 Å². The molecule has 0 aromatic heterocycles. The topological polar surface area (TPSA) is 111 Å². The van der Waals surface area contributed by atoms with Crippen LogP contribution in [-0.2, 0) is 50.3 Å². The molecule has 0 saturated carbocycles. The second kappa shape index (κ2) is 18.1. The molecular weight excluding hydrogens is 893 g/mol. The van der Waals surface area contributed by atoms with E-state index in [1.807, 2.05) is 0 Å². The lowest BCUT2D eigenvalue weighted by Gasteiger charge is -2.50. The normalized spacial score (nSPS) is 16.1. The van der Waals surface area contributed by atoms with E-state index < -0.39 is 108 Å². The van der Waals surface area contributed by atoms with Gasteiger partial charge in [0.15, 0.2) is 85.1 Å². The summed E-state index contributed by atoms with van der Waals surface area (Å²) in [5, 5.41) is 0. The largest absolute Gasteiger partial charge is 0.651 e. The highest BCUT2D eigenvalue weighted by Crippen LogP contribution is 2.39. The average Bonchev–Trinajstić information content (AvgIpc) is 2.58. The zero-order chi connectivity index (χ0) is 43.0. The molecule has 0 fully saturated rings. The molecule has 0 aromatic carbocycles. The van der Waals surface area contributed by atoms with Gasteiger partial charge in [-0.1, -0.05) is 0 Å². The fourth-order valence-corrected chi connectivity index (χ4v) is 40.3. The maximum Gasteiger partial charge on any atom is 0.651 e. The van der Waals surface area contributed by atoms with Crippen LogP contribution in [0.2, 0.25) is 177 Å². The van der Waals surface area contributed by atoms with Crippen molar-refractivity contribution in [2.24, 2.45) is 0 Å². The Kier molecular flexibility index (Phi) is 18.9. The standard InChI is InChI=1S/C28H81O12Si13/c1-42(2,3)32-51(33-43(4,5)6,34-44(7,8)9)29-28(41,30-52(35-45(10,11)12,36-46(13,14)15)37-47(16,17)18)31-53(38-48(19,20)21,39-49(22,23)24)40-50(25,26)27/h1-27H3. The molecule has 53 heavy (non-hydrogen) atoms. The molecule has 0 unspecified atom stereocenters. The summed E-state index contributed by atoms with van der Waals surface area (Å²) in [5.74, 6) is 0. The summed E-state index contributed by atoms with van der Waals surface area (Å²) >= 11 is 0. The third-order valence-corrected chi connectivity index (χ3v) is 38.2. The van der Waals surface area contributed by atoms with Crippen molar-refractivity contribution in [3.63, 3.8) is 0 Å². The highest BCUT2D eigenvalue weighted by Gasteiger charge is 2.67. The maximum absolute atomic E-state index is 7.28. The van der Waals surface area contributed by atoms with Gasteiger partial charge in [-0.3, -0.25) is 0 Å². The molecule has 12 nitrogen and oxygen atoms in total. The van der Waals surface area contributed by atoms with Gasteiger partial charge in [0.05, 0.1) is 0 Å².